The van der Waals surface area contributed by atoms with E-state index < -0.39 is 0 Å². The average molecular weight is 384 g/mol. The Bertz CT molecular complexity index is 1090. The first-order chi connectivity index (χ1) is 14.2. The Kier molecular flexibility index (Phi) is 5.25. The van der Waals surface area contributed by atoms with Crippen LogP contribution in [0.15, 0.2) is 91.1 Å². The number of amides is 1. The highest BCUT2D eigenvalue weighted by Crippen LogP contribution is 2.22. The summed E-state index contributed by atoms with van der Waals surface area (Å²) in [5.74, 6) is 0.0778. The smallest absolute Gasteiger partial charge is 0.280 e. The van der Waals surface area contributed by atoms with E-state index in [-0.39, 0.29) is 11.6 Å². The number of methoxy groups -OCH3 is 1. The molecule has 29 heavy (non-hydrogen) atoms. The lowest BCUT2D eigenvalue weighted by Crippen LogP contribution is -2.14. The van der Waals surface area contributed by atoms with Crippen LogP contribution in [0.2, 0.25) is 0 Å². The van der Waals surface area contributed by atoms with E-state index in [0.717, 1.165) is 17.1 Å². The number of para-hydroxylation sites is 2. The van der Waals surface area contributed by atoms with Gasteiger partial charge in [-0.05, 0) is 48.5 Å². The van der Waals surface area contributed by atoms with Gasteiger partial charge in [-0.1, -0.05) is 36.4 Å². The maximum Gasteiger partial charge on any atom is 0.280 e. The van der Waals surface area contributed by atoms with Gasteiger partial charge in [-0.3, -0.25) is 4.79 Å². The van der Waals surface area contributed by atoms with E-state index in [9.17, 15) is 4.79 Å². The molecular weight excluding hydrogens is 364 g/mol. The zero-order valence-electron chi connectivity index (χ0n) is 15.9. The van der Waals surface area contributed by atoms with Crippen molar-refractivity contribution in [1.82, 2.24) is 9.78 Å². The van der Waals surface area contributed by atoms with Gasteiger partial charge in [0.1, 0.15) is 0 Å². The van der Waals surface area contributed by atoms with E-state index in [4.69, 9.17) is 4.74 Å². The van der Waals surface area contributed by atoms with Crippen LogP contribution in [-0.4, -0.2) is 22.8 Å². The van der Waals surface area contributed by atoms with E-state index in [2.05, 4.69) is 15.7 Å². The maximum absolute atomic E-state index is 12.7. The minimum Gasteiger partial charge on any atom is -0.493 e. The standard InChI is InChI=1S/C23H20N4O2/c1-29-21-16-27(20-10-6-3-7-11-20)26-22(21)23(28)25-19-14-12-18(13-15-19)24-17-8-4-2-5-9-17/h2-16,24H,1H3,(H,25,28). The minimum atomic E-state index is -0.333. The van der Waals surface area contributed by atoms with Crippen LogP contribution in [0.4, 0.5) is 17.1 Å². The predicted molar refractivity (Wildman–Crippen MR) is 114 cm³/mol. The first-order valence-corrected chi connectivity index (χ1v) is 9.15. The zero-order chi connectivity index (χ0) is 20.1. The molecule has 4 rings (SSSR count). The Morgan fingerprint density at radius 3 is 2.07 bits per heavy atom. The van der Waals surface area contributed by atoms with E-state index in [1.54, 1.807) is 10.9 Å². The largest absolute Gasteiger partial charge is 0.493 e. The van der Waals surface area contributed by atoms with Crippen molar-refractivity contribution < 1.29 is 9.53 Å². The highest BCUT2D eigenvalue weighted by atomic mass is 16.5. The van der Waals surface area contributed by atoms with Gasteiger partial charge in [0.25, 0.3) is 5.91 Å². The molecule has 4 aromatic rings. The molecule has 0 saturated carbocycles. The molecule has 0 fully saturated rings. The molecule has 1 heterocycles. The molecule has 0 bridgehead atoms. The van der Waals surface area contributed by atoms with Crippen LogP contribution in [-0.2, 0) is 0 Å². The molecule has 2 N–H and O–H groups in total. The quantitative estimate of drug-likeness (QED) is 0.497. The third kappa shape index (κ3) is 4.27. The Morgan fingerprint density at radius 2 is 1.41 bits per heavy atom. The molecular formula is C23H20N4O2. The summed E-state index contributed by atoms with van der Waals surface area (Å²) in [6.45, 7) is 0. The number of aromatic nitrogens is 2. The molecule has 1 aromatic heterocycles. The van der Waals surface area contributed by atoms with Crippen molar-refractivity contribution in [2.45, 2.75) is 0 Å². The molecule has 0 aliphatic heterocycles. The average Bonchev–Trinajstić information content (AvgIpc) is 3.21. The number of nitrogens with zero attached hydrogens (tertiary/aromatic N) is 2. The van der Waals surface area contributed by atoms with Gasteiger partial charge in [0.2, 0.25) is 0 Å². The summed E-state index contributed by atoms with van der Waals surface area (Å²) in [6.07, 6.45) is 1.69. The van der Waals surface area contributed by atoms with Gasteiger partial charge in [0.05, 0.1) is 19.0 Å². The van der Waals surface area contributed by atoms with E-state index in [1.807, 2.05) is 84.9 Å². The number of anilines is 3. The van der Waals surface area contributed by atoms with Crippen molar-refractivity contribution in [3.05, 3.63) is 96.8 Å². The van der Waals surface area contributed by atoms with Gasteiger partial charge in [0.15, 0.2) is 11.4 Å². The fraction of sp³-hybridized carbons (Fsp3) is 0.0435. The summed E-state index contributed by atoms with van der Waals surface area (Å²) in [7, 11) is 1.52. The third-order valence-electron chi connectivity index (χ3n) is 4.34. The van der Waals surface area contributed by atoms with Crippen LogP contribution >= 0.6 is 0 Å². The SMILES string of the molecule is COc1cn(-c2ccccc2)nc1C(=O)Nc1ccc(Nc2ccccc2)cc1. The van der Waals surface area contributed by atoms with Crippen molar-refractivity contribution in [2.24, 2.45) is 0 Å². The molecule has 3 aromatic carbocycles. The number of carbonyl (C=O) groups excluding carboxylic acids is 1. The zero-order valence-corrected chi connectivity index (χ0v) is 15.9. The lowest BCUT2D eigenvalue weighted by molar-refractivity contribution is 0.101. The van der Waals surface area contributed by atoms with Gasteiger partial charge in [-0.2, -0.15) is 5.10 Å². The van der Waals surface area contributed by atoms with E-state index >= 15 is 0 Å². The molecule has 0 saturated heterocycles. The van der Waals surface area contributed by atoms with Crippen LogP contribution in [0.5, 0.6) is 5.75 Å². The Balaban J connectivity index is 1.48. The van der Waals surface area contributed by atoms with Crippen LogP contribution in [0.1, 0.15) is 10.5 Å². The van der Waals surface area contributed by atoms with Gasteiger partial charge >= 0.3 is 0 Å². The molecule has 0 aliphatic rings. The highest BCUT2D eigenvalue weighted by Gasteiger charge is 2.18. The number of ether oxygens (including phenoxy) is 1. The number of rotatable bonds is 6. The number of benzene rings is 3. The highest BCUT2D eigenvalue weighted by molar-refractivity contribution is 6.04. The molecule has 0 radical (unpaired) electrons. The summed E-state index contributed by atoms with van der Waals surface area (Å²) in [4.78, 5) is 12.7. The summed E-state index contributed by atoms with van der Waals surface area (Å²) < 4.78 is 6.96. The molecule has 0 spiro atoms. The Labute approximate surface area is 168 Å². The fourth-order valence-corrected chi connectivity index (χ4v) is 2.89. The van der Waals surface area contributed by atoms with Gasteiger partial charge < -0.3 is 15.4 Å². The van der Waals surface area contributed by atoms with Crippen LogP contribution in [0, 0.1) is 0 Å². The summed E-state index contributed by atoms with van der Waals surface area (Å²) >= 11 is 0. The first kappa shape index (κ1) is 18.3. The van der Waals surface area contributed by atoms with Gasteiger partial charge in [-0.25, -0.2) is 4.68 Å². The molecule has 0 atom stereocenters. The van der Waals surface area contributed by atoms with Crippen molar-refractivity contribution in [3.8, 4) is 11.4 Å². The van der Waals surface area contributed by atoms with E-state index in [0.29, 0.717) is 11.4 Å². The molecule has 6 nitrogen and oxygen atoms in total. The first-order valence-electron chi connectivity index (χ1n) is 9.15. The molecule has 0 aliphatic carbocycles. The van der Waals surface area contributed by atoms with Crippen molar-refractivity contribution in [1.29, 1.82) is 0 Å². The van der Waals surface area contributed by atoms with Crippen molar-refractivity contribution in [3.63, 3.8) is 0 Å². The molecule has 0 unspecified atom stereocenters. The van der Waals surface area contributed by atoms with Crippen LogP contribution in [0.25, 0.3) is 5.69 Å². The lowest BCUT2D eigenvalue weighted by Gasteiger charge is -2.08. The van der Waals surface area contributed by atoms with Crippen molar-refractivity contribution >= 4 is 23.0 Å². The molecule has 1 amide bonds. The van der Waals surface area contributed by atoms with Crippen LogP contribution < -0.4 is 15.4 Å². The number of hydrogen-bond donors (Lipinski definition) is 2. The van der Waals surface area contributed by atoms with Crippen LogP contribution in [0.3, 0.4) is 0 Å². The second-order valence-electron chi connectivity index (χ2n) is 6.35. The third-order valence-corrected chi connectivity index (χ3v) is 4.34. The number of carbonyl (C=O) groups is 1. The van der Waals surface area contributed by atoms with E-state index in [1.165, 1.54) is 7.11 Å². The predicted octanol–water partition coefficient (Wildman–Crippen LogP) is 4.88. The van der Waals surface area contributed by atoms with Gasteiger partial charge in [-0.15, -0.1) is 0 Å². The topological polar surface area (TPSA) is 68.2 Å². The second-order valence-corrected chi connectivity index (χ2v) is 6.35. The number of hydrogen-bond acceptors (Lipinski definition) is 4. The van der Waals surface area contributed by atoms with Gasteiger partial charge in [0, 0.05) is 17.1 Å². The summed E-state index contributed by atoms with van der Waals surface area (Å²) in [5.41, 5.74) is 3.68. The lowest BCUT2D eigenvalue weighted by atomic mass is 10.2. The van der Waals surface area contributed by atoms with Crippen molar-refractivity contribution in [2.75, 3.05) is 17.7 Å². The summed E-state index contributed by atoms with van der Waals surface area (Å²) in [5, 5.41) is 10.6. The second kappa shape index (κ2) is 8.31. The fourth-order valence-electron chi connectivity index (χ4n) is 2.89. The molecule has 144 valence electrons. The normalized spacial score (nSPS) is 10.4. The summed E-state index contributed by atoms with van der Waals surface area (Å²) in [6, 6.07) is 26.9. The monoisotopic (exact) mass is 384 g/mol. The number of nitrogens with one attached hydrogen (secondary N) is 2. The molecule has 6 heteroatoms. The minimum absolute atomic E-state index is 0.225. The Hall–Kier alpha value is -4.06. The Morgan fingerprint density at radius 1 is 0.828 bits per heavy atom. The maximum atomic E-state index is 12.7.